The number of thioether (sulfide) groups is 1. The number of aliphatic carboxylic acids is 1. The number of likely N-dealkylation sites (tertiary alicyclic amines) is 1. The zero-order valence-electron chi connectivity index (χ0n) is 57.2. The summed E-state index contributed by atoms with van der Waals surface area (Å²) in [5.74, 6) is -13.9. The number of ketones is 3. The molecule has 13 N–H and O–H groups in total. The SMILES string of the molecule is CC[C@H](C)[C@@H]1CC(=O)CNC(=O)[C@H]2CC(=O)[C@H]([C@@H](C)[C@@H](O)CO)NC(=O)[C@@H]3C[C@@H](O)CN3C(=O)[C@H](CC(N)=O)NC(=O)[C@H](CS(=O)c3[nH]c4c(CSC5CCN(C(=O)CCCCCNC(=O)C6CCC(CCC(=O)C(C)CC(=O)O)CC6)CC5)c(OC)ccc4c3C2)NC(=O)CNC1=O. The molecular weight excluding hydrogens is 1320 g/mol. The van der Waals surface area contributed by atoms with E-state index in [2.05, 4.69) is 36.9 Å². The normalized spacial score (nSPS) is 26.5. The first kappa shape index (κ1) is 79.0. The van der Waals surface area contributed by atoms with E-state index in [4.69, 9.17) is 15.6 Å². The summed E-state index contributed by atoms with van der Waals surface area (Å²) >= 11 is 1.59. The first-order valence-electron chi connectivity index (χ1n) is 34.7. The van der Waals surface area contributed by atoms with Gasteiger partial charge in [-0.25, -0.2) is 0 Å². The van der Waals surface area contributed by atoms with Gasteiger partial charge in [0.05, 0.1) is 80.0 Å². The summed E-state index contributed by atoms with van der Waals surface area (Å²) in [7, 11) is -0.960. The fourth-order valence-electron chi connectivity index (χ4n) is 14.0. The maximum Gasteiger partial charge on any atom is 0.304 e. The van der Waals surface area contributed by atoms with Crippen LogP contribution in [-0.2, 0) is 85.3 Å². The summed E-state index contributed by atoms with van der Waals surface area (Å²) in [5.41, 5.74) is 6.79. The first-order chi connectivity index (χ1) is 47.1. The van der Waals surface area contributed by atoms with E-state index in [1.54, 1.807) is 44.7 Å². The number of unbranched alkanes of at least 4 members (excludes halogenated alkanes) is 2. The van der Waals surface area contributed by atoms with Crippen molar-refractivity contribution >= 4 is 110 Å². The van der Waals surface area contributed by atoms with E-state index in [9.17, 15) is 72.9 Å². The molecule has 1 aromatic carbocycles. The minimum atomic E-state index is -2.42. The van der Waals surface area contributed by atoms with Crippen LogP contribution in [0.5, 0.6) is 5.75 Å². The lowest BCUT2D eigenvalue weighted by Crippen LogP contribution is -2.60. The summed E-state index contributed by atoms with van der Waals surface area (Å²) in [5, 5.41) is 57.3. The second-order valence-corrected chi connectivity index (χ2v) is 30.1. The highest BCUT2D eigenvalue weighted by atomic mass is 32.2. The Morgan fingerprint density at radius 2 is 1.56 bits per heavy atom. The van der Waals surface area contributed by atoms with Gasteiger partial charge in [0.25, 0.3) is 0 Å². The number of carboxylic acids is 1. The van der Waals surface area contributed by atoms with Gasteiger partial charge in [-0.15, -0.1) is 0 Å². The zero-order chi connectivity index (χ0) is 72.4. The number of fused-ring (bicyclic) bond motifs is 5. The van der Waals surface area contributed by atoms with E-state index in [0.29, 0.717) is 99.1 Å². The van der Waals surface area contributed by atoms with E-state index in [-0.39, 0.29) is 57.9 Å². The van der Waals surface area contributed by atoms with Crippen LogP contribution in [0.15, 0.2) is 17.2 Å². The summed E-state index contributed by atoms with van der Waals surface area (Å²) in [6.07, 6.45) is 2.35. The van der Waals surface area contributed by atoms with Crippen molar-refractivity contribution in [2.75, 3.05) is 58.7 Å². The molecule has 29 nitrogen and oxygen atoms in total. The number of aliphatic hydroxyl groups is 3. The lowest BCUT2D eigenvalue weighted by molar-refractivity contribution is -0.144. The molecule has 2 unspecified atom stereocenters. The molecule has 548 valence electrons. The van der Waals surface area contributed by atoms with Crippen molar-refractivity contribution in [1.29, 1.82) is 0 Å². The van der Waals surface area contributed by atoms with Crippen molar-refractivity contribution in [3.05, 3.63) is 23.3 Å². The van der Waals surface area contributed by atoms with Gasteiger partial charge in [-0.3, -0.25) is 66.5 Å². The number of benzene rings is 1. The topological polar surface area (TPSA) is 450 Å². The van der Waals surface area contributed by atoms with Gasteiger partial charge in [-0.2, -0.15) is 11.8 Å². The minimum Gasteiger partial charge on any atom is -0.496 e. The van der Waals surface area contributed by atoms with Gasteiger partial charge < -0.3 is 77.6 Å². The van der Waals surface area contributed by atoms with Crippen molar-refractivity contribution in [2.24, 2.45) is 47.2 Å². The molecule has 7 rings (SSSR count). The zero-order valence-corrected chi connectivity index (χ0v) is 58.9. The predicted octanol–water partition coefficient (Wildman–Crippen LogP) is 0.731. The maximum absolute atomic E-state index is 15.5. The van der Waals surface area contributed by atoms with Crippen LogP contribution in [0.1, 0.15) is 154 Å². The number of aromatic amines is 1. The standard InChI is InChI=1S/C68H100N10O19S2/c1-6-36(2)46-27-42(80)30-71-63(91)41-25-47-45-16-18-55(97-5)48(34-98-44-19-22-77(23-20-44)58(87)10-8-7-9-21-70-62(90)40-14-11-39(12-15-40)13-17-52(82)37(3)24-59(88)89)61(45)76-67(47)99(96)35-50(73-57(86)31-72-64(46)92)65(93)74-49(29-56(69)85)68(95)78-32-43(81)28-51(78)66(94)75-60(53(83)26-41)38(4)54(84)33-79/h16,18,36-41,43-44,46,49-51,54,60,76,79,81,84H,6-15,17,19-35H2,1-5H3,(H2,69,85)(H,70,90)(H,71,91)(H,72,92)(H,73,86)(H,74,93)(H,75,94)(H,88,89)/t36-,37?,38-,39?,40?,41+,43+,46-,49-,50-,51-,54-,60-,99?/m0/s1. The average Bonchev–Trinajstić information content (AvgIpc) is 1.62. The Morgan fingerprint density at radius 3 is 2.22 bits per heavy atom. The quantitative estimate of drug-likeness (QED) is 0.0645. The summed E-state index contributed by atoms with van der Waals surface area (Å²) < 4.78 is 21.4. The Morgan fingerprint density at radius 1 is 0.848 bits per heavy atom. The number of piperidine rings is 1. The van der Waals surface area contributed by atoms with E-state index in [0.717, 1.165) is 37.0 Å². The number of hydrogen-bond acceptors (Lipinski definition) is 19. The van der Waals surface area contributed by atoms with Crippen molar-refractivity contribution < 1.29 is 91.7 Å². The highest BCUT2D eigenvalue weighted by molar-refractivity contribution is 7.99. The van der Waals surface area contributed by atoms with Crippen molar-refractivity contribution in [3.8, 4) is 5.75 Å². The number of methoxy groups -OCH3 is 1. The van der Waals surface area contributed by atoms with Crippen LogP contribution >= 0.6 is 11.8 Å². The molecule has 0 radical (unpaired) electrons. The highest BCUT2D eigenvalue weighted by Crippen LogP contribution is 2.40. The third-order valence-corrected chi connectivity index (χ3v) is 23.2. The number of carbonyl (C=O) groups excluding carboxylic acids is 12. The van der Waals surface area contributed by atoms with Crippen LogP contribution in [0.4, 0.5) is 0 Å². The number of carbonyl (C=O) groups is 13. The van der Waals surface area contributed by atoms with E-state index >= 15 is 9.00 Å². The number of aromatic nitrogens is 1. The molecule has 2 aromatic rings. The lowest BCUT2D eigenvalue weighted by atomic mass is 9.79. The molecule has 1 aromatic heterocycles. The van der Waals surface area contributed by atoms with E-state index in [1.807, 2.05) is 4.90 Å². The molecule has 3 fully saturated rings. The highest BCUT2D eigenvalue weighted by Gasteiger charge is 2.45. The van der Waals surface area contributed by atoms with Gasteiger partial charge in [0.2, 0.25) is 53.2 Å². The summed E-state index contributed by atoms with van der Waals surface area (Å²) in [6, 6.07) is -3.65. The number of amides is 9. The Labute approximate surface area is 582 Å². The Hall–Kier alpha value is -7.35. The van der Waals surface area contributed by atoms with Crippen LogP contribution in [0, 0.1) is 41.4 Å². The van der Waals surface area contributed by atoms with Gasteiger partial charge in [-0.05, 0) is 93.7 Å². The molecule has 4 aliphatic heterocycles. The Bertz CT molecular complexity index is 3310. The summed E-state index contributed by atoms with van der Waals surface area (Å²) in [4.78, 5) is 184. The van der Waals surface area contributed by atoms with E-state index in [1.165, 1.54) is 14.0 Å². The summed E-state index contributed by atoms with van der Waals surface area (Å²) in [6.45, 7) is 5.23. The number of primary amides is 1. The number of nitrogens with one attached hydrogen (secondary N) is 7. The molecule has 31 heteroatoms. The molecule has 2 bridgehead atoms. The van der Waals surface area contributed by atoms with Gasteiger partial charge in [0.1, 0.15) is 34.7 Å². The second-order valence-electron chi connectivity index (χ2n) is 27.4. The lowest BCUT2D eigenvalue weighted by Gasteiger charge is -2.32. The van der Waals surface area contributed by atoms with Crippen LogP contribution < -0.4 is 42.4 Å². The fraction of sp³-hybridized carbons (Fsp3) is 0.691. The predicted molar refractivity (Wildman–Crippen MR) is 363 cm³/mol. The van der Waals surface area contributed by atoms with E-state index < -0.39 is 193 Å². The molecule has 2 saturated heterocycles. The average molecular weight is 1430 g/mol. The minimum absolute atomic E-state index is 0.0138. The number of H-pyrrole nitrogens is 1. The van der Waals surface area contributed by atoms with Crippen LogP contribution in [0.25, 0.3) is 10.9 Å². The molecule has 12 atom stereocenters. The fourth-order valence-corrected chi connectivity index (χ4v) is 16.6. The molecule has 9 amide bonds. The molecule has 5 aliphatic rings. The molecule has 0 spiro atoms. The largest absolute Gasteiger partial charge is 0.496 e. The maximum atomic E-state index is 15.5. The van der Waals surface area contributed by atoms with Gasteiger partial charge >= 0.3 is 5.97 Å². The Balaban J connectivity index is 1.12. The molecule has 99 heavy (non-hydrogen) atoms. The van der Waals surface area contributed by atoms with Gasteiger partial charge in [0, 0.05) is 110 Å². The first-order valence-corrected chi connectivity index (χ1v) is 37.0. The van der Waals surface area contributed by atoms with Crippen molar-refractivity contribution in [2.45, 2.75) is 202 Å². The van der Waals surface area contributed by atoms with Gasteiger partial charge in [-0.1, -0.05) is 40.5 Å². The smallest absolute Gasteiger partial charge is 0.304 e. The van der Waals surface area contributed by atoms with Crippen LogP contribution in [0.3, 0.4) is 0 Å². The van der Waals surface area contributed by atoms with Crippen LogP contribution in [-0.4, -0.2) is 216 Å². The molecular formula is C68H100N10O19S2. The number of aliphatic hydroxyl groups excluding tert-OH is 3. The third kappa shape index (κ3) is 21.8. The number of rotatable bonds is 24. The molecule has 1 saturated carbocycles. The monoisotopic (exact) mass is 1420 g/mol. The number of Topliss-reactive ketones (excluding diaryl/α,β-unsaturated/α-hetero) is 3. The van der Waals surface area contributed by atoms with Crippen molar-refractivity contribution in [1.82, 2.24) is 46.7 Å². The Kier molecular flexibility index (Phi) is 29.8. The number of carboxylic acid groups (broad SMARTS) is 1. The number of ether oxygens (including phenoxy) is 1. The molecule has 5 heterocycles. The third-order valence-electron chi connectivity index (χ3n) is 20.3. The second kappa shape index (κ2) is 37.4. The number of nitrogens with two attached hydrogens (primary N) is 1. The number of nitrogens with zero attached hydrogens (tertiary/aromatic N) is 2. The van der Waals surface area contributed by atoms with Gasteiger partial charge in [0.15, 0.2) is 11.6 Å². The number of hydrogen-bond donors (Lipinski definition) is 12. The van der Waals surface area contributed by atoms with Crippen LogP contribution in [0.2, 0.25) is 0 Å². The molecule has 1 aliphatic carbocycles. The van der Waals surface area contributed by atoms with Crippen molar-refractivity contribution in [3.63, 3.8) is 0 Å².